The first-order valence-corrected chi connectivity index (χ1v) is 19.5. The molecule has 0 saturated carbocycles. The van der Waals surface area contributed by atoms with Crippen molar-refractivity contribution in [2.24, 2.45) is 0 Å². The zero-order chi connectivity index (χ0) is 32.6. The predicted octanol–water partition coefficient (Wildman–Crippen LogP) is 8.93. The van der Waals surface area contributed by atoms with Crippen LogP contribution in [0.3, 0.4) is 0 Å². The zero-order valence-corrected chi connectivity index (χ0v) is 29.3. The largest absolute Gasteiger partial charge is 0.472 e. The summed E-state index contributed by atoms with van der Waals surface area (Å²) in [7, 11) is -4.39. The number of amides is 1. The average Bonchev–Trinajstić information content (AvgIpc) is 3.00. The first-order valence-electron chi connectivity index (χ1n) is 18.0. The van der Waals surface area contributed by atoms with E-state index in [0.717, 1.165) is 44.9 Å². The van der Waals surface area contributed by atoms with E-state index in [2.05, 4.69) is 19.2 Å². The van der Waals surface area contributed by atoms with Gasteiger partial charge >= 0.3 is 13.8 Å². The molecule has 0 saturated heterocycles. The van der Waals surface area contributed by atoms with E-state index in [9.17, 15) is 24.2 Å². The van der Waals surface area contributed by atoms with Gasteiger partial charge in [0, 0.05) is 19.4 Å². The molecule has 44 heavy (non-hydrogen) atoms. The molecule has 0 aromatic heterocycles. The quantitative estimate of drug-likeness (QED) is 0.0358. The van der Waals surface area contributed by atoms with E-state index in [4.69, 9.17) is 13.8 Å². The molecule has 0 radical (unpaired) electrons. The van der Waals surface area contributed by atoms with E-state index in [1.54, 1.807) is 0 Å². The third-order valence-corrected chi connectivity index (χ3v) is 8.77. The van der Waals surface area contributed by atoms with Crippen molar-refractivity contribution in [3.63, 3.8) is 0 Å². The number of aliphatic hydroxyl groups excluding tert-OH is 1. The Hall–Kier alpha value is -0.990. The van der Waals surface area contributed by atoms with Gasteiger partial charge in [0.2, 0.25) is 5.91 Å². The van der Waals surface area contributed by atoms with Crippen LogP contribution in [0.25, 0.3) is 0 Å². The highest BCUT2D eigenvalue weighted by atomic mass is 31.2. The lowest BCUT2D eigenvalue weighted by molar-refractivity contribution is -0.147. The van der Waals surface area contributed by atoms with Crippen LogP contribution in [0.15, 0.2) is 0 Å². The Morgan fingerprint density at radius 1 is 0.614 bits per heavy atom. The number of hydrogen-bond donors (Lipinski definition) is 3. The zero-order valence-electron chi connectivity index (χ0n) is 28.4. The van der Waals surface area contributed by atoms with E-state index >= 15 is 0 Å². The predicted molar refractivity (Wildman–Crippen MR) is 178 cm³/mol. The highest BCUT2D eigenvalue weighted by molar-refractivity contribution is 7.47. The molecular formula is C34H68NO8P. The number of rotatable bonds is 34. The maximum absolute atomic E-state index is 12.0. The molecule has 0 bridgehead atoms. The van der Waals surface area contributed by atoms with Crippen LogP contribution in [-0.4, -0.2) is 54.3 Å². The van der Waals surface area contributed by atoms with E-state index < -0.39 is 26.5 Å². The molecule has 0 fully saturated rings. The molecule has 0 aliphatic rings. The van der Waals surface area contributed by atoms with Gasteiger partial charge in [0.05, 0.1) is 13.2 Å². The number of hydrogen-bond acceptors (Lipinski definition) is 7. The van der Waals surface area contributed by atoms with Gasteiger partial charge in [0.15, 0.2) is 0 Å². The lowest BCUT2D eigenvalue weighted by Gasteiger charge is -2.15. The van der Waals surface area contributed by atoms with Crippen molar-refractivity contribution in [3.8, 4) is 0 Å². The second-order valence-corrected chi connectivity index (χ2v) is 13.7. The molecule has 2 atom stereocenters. The summed E-state index contributed by atoms with van der Waals surface area (Å²) in [6.45, 7) is 3.42. The number of esters is 1. The molecule has 10 heteroatoms. The Kier molecular flexibility index (Phi) is 31.3. The Morgan fingerprint density at radius 3 is 1.50 bits per heavy atom. The third-order valence-electron chi connectivity index (χ3n) is 7.79. The molecule has 3 N–H and O–H groups in total. The van der Waals surface area contributed by atoms with Crippen LogP contribution in [0.4, 0.5) is 0 Å². The molecule has 2 unspecified atom stereocenters. The normalized spacial score (nSPS) is 13.5. The molecule has 0 rings (SSSR count). The van der Waals surface area contributed by atoms with Crippen molar-refractivity contribution in [1.29, 1.82) is 0 Å². The monoisotopic (exact) mass is 649 g/mol. The van der Waals surface area contributed by atoms with Crippen LogP contribution in [0.5, 0.6) is 0 Å². The second kappa shape index (κ2) is 32.0. The van der Waals surface area contributed by atoms with Crippen molar-refractivity contribution in [2.75, 3.05) is 26.4 Å². The van der Waals surface area contributed by atoms with E-state index in [0.29, 0.717) is 6.42 Å². The molecule has 9 nitrogen and oxygen atoms in total. The van der Waals surface area contributed by atoms with Gasteiger partial charge in [-0.25, -0.2) is 4.57 Å². The van der Waals surface area contributed by atoms with Gasteiger partial charge in [-0.05, 0) is 12.8 Å². The van der Waals surface area contributed by atoms with Crippen molar-refractivity contribution in [2.45, 2.75) is 180 Å². The fourth-order valence-electron chi connectivity index (χ4n) is 5.03. The minimum absolute atomic E-state index is 0.0874. The van der Waals surface area contributed by atoms with Crippen LogP contribution in [0, 0.1) is 0 Å². The highest BCUT2D eigenvalue weighted by Crippen LogP contribution is 2.42. The molecule has 0 heterocycles. The lowest BCUT2D eigenvalue weighted by Crippen LogP contribution is -2.27. The lowest BCUT2D eigenvalue weighted by atomic mass is 10.0. The van der Waals surface area contributed by atoms with Crippen molar-refractivity contribution >= 4 is 19.7 Å². The van der Waals surface area contributed by atoms with Crippen molar-refractivity contribution in [3.05, 3.63) is 0 Å². The molecule has 0 spiro atoms. The Morgan fingerprint density at radius 2 is 1.02 bits per heavy atom. The summed E-state index contributed by atoms with van der Waals surface area (Å²) in [5, 5.41) is 12.5. The molecule has 0 aliphatic carbocycles. The summed E-state index contributed by atoms with van der Waals surface area (Å²) in [6.07, 6.45) is 28.2. The fourth-order valence-corrected chi connectivity index (χ4v) is 5.78. The summed E-state index contributed by atoms with van der Waals surface area (Å²) in [4.78, 5) is 33.3. The molecule has 0 aromatic carbocycles. The van der Waals surface area contributed by atoms with Gasteiger partial charge in [0.25, 0.3) is 0 Å². The van der Waals surface area contributed by atoms with E-state index in [1.165, 1.54) is 103 Å². The number of phosphoric acid groups is 1. The minimum Gasteiger partial charge on any atom is -0.463 e. The first-order chi connectivity index (χ1) is 21.3. The number of aliphatic hydroxyl groups is 1. The van der Waals surface area contributed by atoms with Crippen molar-refractivity contribution in [1.82, 2.24) is 5.32 Å². The van der Waals surface area contributed by atoms with E-state index in [1.807, 2.05) is 0 Å². The Balaban J connectivity index is 3.50. The molecule has 0 aromatic rings. The van der Waals surface area contributed by atoms with Crippen LogP contribution in [-0.2, 0) is 27.9 Å². The molecule has 0 aliphatic heterocycles. The Labute approximate surface area is 269 Å². The van der Waals surface area contributed by atoms with Gasteiger partial charge < -0.3 is 20.1 Å². The van der Waals surface area contributed by atoms with Gasteiger partial charge in [-0.2, -0.15) is 0 Å². The average molecular weight is 650 g/mol. The van der Waals surface area contributed by atoms with Gasteiger partial charge in [-0.15, -0.1) is 0 Å². The van der Waals surface area contributed by atoms with Crippen LogP contribution < -0.4 is 5.32 Å². The number of unbranched alkanes of at least 4 members (excludes halogenated alkanes) is 21. The second-order valence-electron chi connectivity index (χ2n) is 12.2. The SMILES string of the molecule is CCCCCCCCCCCCCCCCCCCCCC(=O)NCCOP(=O)(O)OCC(O)COC(=O)CCCCCC. The summed E-state index contributed by atoms with van der Waals surface area (Å²) in [5.74, 6) is -0.527. The van der Waals surface area contributed by atoms with Crippen LogP contribution in [0.1, 0.15) is 174 Å². The van der Waals surface area contributed by atoms with Crippen molar-refractivity contribution < 1.29 is 37.9 Å². The third kappa shape index (κ3) is 32.4. The topological polar surface area (TPSA) is 131 Å². The summed E-state index contributed by atoms with van der Waals surface area (Å²) >= 11 is 0. The molecule has 262 valence electrons. The van der Waals surface area contributed by atoms with Crippen LogP contribution in [0.2, 0.25) is 0 Å². The Bertz CT molecular complexity index is 709. The number of carbonyl (C=O) groups is 2. The number of carbonyl (C=O) groups excluding carboxylic acids is 2. The molecule has 1 amide bonds. The maximum atomic E-state index is 12.0. The first kappa shape index (κ1) is 43.0. The highest BCUT2D eigenvalue weighted by Gasteiger charge is 2.23. The van der Waals surface area contributed by atoms with Gasteiger partial charge in [0.1, 0.15) is 12.7 Å². The molecular weight excluding hydrogens is 581 g/mol. The van der Waals surface area contributed by atoms with Gasteiger partial charge in [-0.1, -0.05) is 149 Å². The number of nitrogens with one attached hydrogen (secondary N) is 1. The standard InChI is InChI=1S/C34H68NO8P/c1-3-5-7-9-10-11-12-13-14-15-16-17-18-19-20-21-22-23-24-26-33(37)35-28-29-42-44(39,40)43-31-32(36)30-41-34(38)27-25-8-6-4-2/h32,36H,3-31H2,1-2H3,(H,35,37)(H,39,40). The van der Waals surface area contributed by atoms with Gasteiger partial charge in [-0.3, -0.25) is 18.6 Å². The summed E-state index contributed by atoms with van der Waals surface area (Å²) in [6, 6.07) is 0. The summed E-state index contributed by atoms with van der Waals surface area (Å²) < 4.78 is 26.5. The maximum Gasteiger partial charge on any atom is 0.472 e. The minimum atomic E-state index is -4.39. The fraction of sp³-hybridized carbons (Fsp3) is 0.941. The van der Waals surface area contributed by atoms with Crippen LogP contribution >= 0.6 is 7.82 Å². The number of phosphoric ester groups is 1. The number of ether oxygens (including phenoxy) is 1. The smallest absolute Gasteiger partial charge is 0.463 e. The summed E-state index contributed by atoms with van der Waals surface area (Å²) in [5.41, 5.74) is 0. The van der Waals surface area contributed by atoms with E-state index in [-0.39, 0.29) is 32.1 Å².